The second-order valence-corrected chi connectivity index (χ2v) is 11.2. The van der Waals surface area contributed by atoms with Gasteiger partial charge in [-0.15, -0.1) is 0 Å². The van der Waals surface area contributed by atoms with Gasteiger partial charge in [-0.1, -0.05) is 44.2 Å². The Morgan fingerprint density at radius 3 is 2.48 bits per heavy atom. The molecule has 1 aromatic heterocycles. The van der Waals surface area contributed by atoms with Crippen LogP contribution in [0.1, 0.15) is 33.1 Å². The molecule has 10 nitrogen and oxygen atoms in total. The van der Waals surface area contributed by atoms with Gasteiger partial charge in [0.15, 0.2) is 5.81 Å². The standard InChI is InChI=1S/C31H33BN4O6/c1-18(2)27(34-30(32)40)29(39)36-16-21(14-25(36)28(38)35-31(17-37)11-12-31)42-26-15-23(19-7-5-4-6-8-19)33-24-13-20(41-3)9-10-22(24)26/h4-10,13,15,17-18,21,25,27H,11-12,14,16H2,1-3H3,(H,34,40)(H,35,38)/t21-,25+,27+/m1/s1. The van der Waals surface area contributed by atoms with Gasteiger partial charge in [-0.2, -0.15) is 0 Å². The lowest BCUT2D eigenvalue weighted by molar-refractivity contribution is -0.141. The van der Waals surface area contributed by atoms with E-state index >= 15 is 0 Å². The number of amides is 3. The molecule has 0 bridgehead atoms. The van der Waals surface area contributed by atoms with E-state index in [1.54, 1.807) is 21.0 Å². The van der Waals surface area contributed by atoms with Crippen molar-refractivity contribution >= 4 is 42.7 Å². The molecule has 2 N–H and O–H groups in total. The fourth-order valence-corrected chi connectivity index (χ4v) is 5.29. The predicted molar refractivity (Wildman–Crippen MR) is 157 cm³/mol. The number of ether oxygens (including phenoxy) is 2. The van der Waals surface area contributed by atoms with E-state index < -0.39 is 41.3 Å². The van der Waals surface area contributed by atoms with Gasteiger partial charge < -0.3 is 29.8 Å². The summed E-state index contributed by atoms with van der Waals surface area (Å²) in [6.45, 7) is 3.66. The highest BCUT2D eigenvalue weighted by Crippen LogP contribution is 2.36. The third kappa shape index (κ3) is 6.10. The number of aromatic nitrogens is 1. The normalized spacial score (nSPS) is 19.7. The third-order valence-electron chi connectivity index (χ3n) is 7.81. The molecule has 1 saturated heterocycles. The van der Waals surface area contributed by atoms with Crippen LogP contribution in [0.5, 0.6) is 11.5 Å². The molecule has 3 amide bonds. The SMILES string of the molecule is [B]C(=O)N[C@H](C(=O)N1C[C@H](Oc2cc(-c3ccccc3)nc3cc(OC)ccc23)C[C@H]1C(=O)NC1(C=O)CC1)C(C)C. The molecular weight excluding hydrogens is 535 g/mol. The summed E-state index contributed by atoms with van der Waals surface area (Å²) in [6.07, 6.45) is 1.47. The quantitative estimate of drug-likeness (QED) is 0.285. The van der Waals surface area contributed by atoms with Crippen molar-refractivity contribution in [3.63, 3.8) is 0 Å². The Hall–Kier alpha value is -4.41. The van der Waals surface area contributed by atoms with Crippen LogP contribution in [0.4, 0.5) is 4.79 Å². The van der Waals surface area contributed by atoms with Crippen LogP contribution in [0, 0.1) is 5.92 Å². The van der Waals surface area contributed by atoms with Crippen LogP contribution in [0.25, 0.3) is 22.2 Å². The van der Waals surface area contributed by atoms with Crippen molar-refractivity contribution in [2.24, 2.45) is 5.92 Å². The van der Waals surface area contributed by atoms with E-state index in [1.807, 2.05) is 54.6 Å². The maximum atomic E-state index is 13.7. The van der Waals surface area contributed by atoms with Crippen LogP contribution in [0.2, 0.25) is 0 Å². The van der Waals surface area contributed by atoms with Gasteiger partial charge in [0.2, 0.25) is 19.7 Å². The van der Waals surface area contributed by atoms with E-state index in [2.05, 4.69) is 10.6 Å². The lowest BCUT2D eigenvalue weighted by atomic mass is 9.99. The minimum atomic E-state index is -0.934. The number of rotatable bonds is 10. The Kier molecular flexibility index (Phi) is 8.20. The summed E-state index contributed by atoms with van der Waals surface area (Å²) < 4.78 is 12.0. The molecule has 11 heteroatoms. The van der Waals surface area contributed by atoms with Crippen molar-refractivity contribution in [2.45, 2.75) is 56.8 Å². The van der Waals surface area contributed by atoms with E-state index in [4.69, 9.17) is 22.3 Å². The summed E-state index contributed by atoms with van der Waals surface area (Å²) in [5.41, 5.74) is 1.36. The van der Waals surface area contributed by atoms with Crippen molar-refractivity contribution in [2.75, 3.05) is 13.7 Å². The van der Waals surface area contributed by atoms with Crippen molar-refractivity contribution in [3.8, 4) is 22.8 Å². The minimum absolute atomic E-state index is 0.0926. The maximum Gasteiger partial charge on any atom is 0.246 e. The van der Waals surface area contributed by atoms with E-state index in [9.17, 15) is 19.2 Å². The maximum absolute atomic E-state index is 13.7. The number of fused-ring (bicyclic) bond motifs is 1. The average molecular weight is 568 g/mol. The van der Waals surface area contributed by atoms with Crippen molar-refractivity contribution in [1.82, 2.24) is 20.5 Å². The number of nitrogens with zero attached hydrogens (tertiary/aromatic N) is 2. The second kappa shape index (κ2) is 11.8. The minimum Gasteiger partial charge on any atom is -0.497 e. The molecule has 5 rings (SSSR count). The summed E-state index contributed by atoms with van der Waals surface area (Å²) in [6, 6.07) is 15.2. The molecule has 3 aromatic rings. The monoisotopic (exact) mass is 568 g/mol. The van der Waals surface area contributed by atoms with Crippen molar-refractivity contribution in [3.05, 3.63) is 54.6 Å². The largest absolute Gasteiger partial charge is 0.497 e. The van der Waals surface area contributed by atoms with E-state index in [1.165, 1.54) is 4.90 Å². The summed E-state index contributed by atoms with van der Waals surface area (Å²) >= 11 is 0. The molecule has 2 aliphatic rings. The van der Waals surface area contributed by atoms with Gasteiger partial charge in [0.1, 0.15) is 36.0 Å². The fraction of sp³-hybridized carbons (Fsp3) is 0.387. The van der Waals surface area contributed by atoms with Crippen molar-refractivity contribution in [1.29, 1.82) is 0 Å². The second-order valence-electron chi connectivity index (χ2n) is 11.2. The van der Waals surface area contributed by atoms with Crippen LogP contribution in [0.3, 0.4) is 0 Å². The lowest BCUT2D eigenvalue weighted by Crippen LogP contribution is -2.56. The molecule has 1 aliphatic heterocycles. The van der Waals surface area contributed by atoms with Crippen molar-refractivity contribution < 1.29 is 28.7 Å². The smallest absolute Gasteiger partial charge is 0.246 e. The predicted octanol–water partition coefficient (Wildman–Crippen LogP) is 3.01. The molecule has 2 fully saturated rings. The molecule has 42 heavy (non-hydrogen) atoms. The van der Waals surface area contributed by atoms with Crippen LogP contribution >= 0.6 is 0 Å². The van der Waals surface area contributed by atoms with E-state index in [-0.39, 0.29) is 18.9 Å². The Labute approximate surface area is 245 Å². The van der Waals surface area contributed by atoms with E-state index in [0.717, 1.165) is 17.2 Å². The number of carbonyl (C=O) groups is 4. The Balaban J connectivity index is 1.48. The number of pyridine rings is 1. The first-order valence-electron chi connectivity index (χ1n) is 14.0. The molecule has 0 spiro atoms. The molecule has 216 valence electrons. The van der Waals surface area contributed by atoms with Gasteiger partial charge in [-0.05, 0) is 30.9 Å². The van der Waals surface area contributed by atoms with Crippen LogP contribution in [0.15, 0.2) is 54.6 Å². The van der Waals surface area contributed by atoms with Gasteiger partial charge in [-0.3, -0.25) is 14.4 Å². The first kappa shape index (κ1) is 29.1. The first-order chi connectivity index (χ1) is 20.1. The number of aldehydes is 1. The summed E-state index contributed by atoms with van der Waals surface area (Å²) in [5, 5.41) is 6.07. The molecule has 1 aliphatic carbocycles. The Morgan fingerprint density at radius 1 is 1.12 bits per heavy atom. The van der Waals surface area contributed by atoms with Gasteiger partial charge in [0.25, 0.3) is 0 Å². The van der Waals surface area contributed by atoms with Crippen LogP contribution in [-0.4, -0.2) is 79.0 Å². The molecule has 0 unspecified atom stereocenters. The number of carbonyl (C=O) groups excluding carboxylic acids is 4. The molecule has 2 radical (unpaired) electrons. The number of nitrogens with one attached hydrogen (secondary N) is 2. The summed E-state index contributed by atoms with van der Waals surface area (Å²) in [4.78, 5) is 56.7. The lowest BCUT2D eigenvalue weighted by Gasteiger charge is -2.30. The molecule has 1 saturated carbocycles. The van der Waals surface area contributed by atoms with E-state index in [0.29, 0.717) is 35.6 Å². The fourth-order valence-electron chi connectivity index (χ4n) is 5.29. The highest BCUT2D eigenvalue weighted by molar-refractivity contribution is 6.57. The topological polar surface area (TPSA) is 127 Å². The number of likely N-dealkylation sites (tertiary alicyclic amines) is 1. The molecule has 2 heterocycles. The van der Waals surface area contributed by atoms with Gasteiger partial charge in [-0.25, -0.2) is 4.98 Å². The highest BCUT2D eigenvalue weighted by Gasteiger charge is 2.49. The third-order valence-corrected chi connectivity index (χ3v) is 7.81. The molecule has 2 aromatic carbocycles. The van der Waals surface area contributed by atoms with Crippen LogP contribution in [-0.2, 0) is 14.4 Å². The van der Waals surface area contributed by atoms with Gasteiger partial charge in [0.05, 0.1) is 30.4 Å². The van der Waals surface area contributed by atoms with Gasteiger partial charge >= 0.3 is 0 Å². The zero-order valence-electron chi connectivity index (χ0n) is 23.8. The van der Waals surface area contributed by atoms with Crippen LogP contribution < -0.4 is 20.1 Å². The Bertz CT molecular complexity index is 1510. The summed E-state index contributed by atoms with van der Waals surface area (Å²) in [5.74, 6) is -0.810. The molecule has 3 atom stereocenters. The van der Waals surface area contributed by atoms with Gasteiger partial charge in [0, 0.05) is 29.5 Å². The average Bonchev–Trinajstić information content (AvgIpc) is 3.63. The Morgan fingerprint density at radius 2 is 1.86 bits per heavy atom. The number of methoxy groups -OCH3 is 1. The number of hydrogen-bond donors (Lipinski definition) is 2. The zero-order valence-corrected chi connectivity index (χ0v) is 23.8. The number of hydrogen-bond acceptors (Lipinski definition) is 7. The number of benzene rings is 2. The summed E-state index contributed by atoms with van der Waals surface area (Å²) in [7, 11) is 6.94. The zero-order chi connectivity index (χ0) is 30.0. The first-order valence-corrected chi connectivity index (χ1v) is 14.0. The highest BCUT2D eigenvalue weighted by atomic mass is 16.5. The molecular formula is C31H33BN4O6.